The summed E-state index contributed by atoms with van der Waals surface area (Å²) in [5.74, 6) is 0.169. The summed E-state index contributed by atoms with van der Waals surface area (Å²) in [6, 6.07) is 14.9. The fraction of sp³-hybridized carbons (Fsp3) is 0.174. The molecule has 0 saturated heterocycles. The molecule has 1 N–H and O–H groups in total. The van der Waals surface area contributed by atoms with E-state index in [1.165, 1.54) is 12.1 Å². The number of hydrogen-bond acceptors (Lipinski definition) is 4. The first-order valence-electron chi connectivity index (χ1n) is 9.54. The molecule has 0 saturated carbocycles. The van der Waals surface area contributed by atoms with Gasteiger partial charge in [0.25, 0.3) is 5.91 Å². The fourth-order valence-electron chi connectivity index (χ4n) is 3.21. The largest absolute Gasteiger partial charge is 0.441 e. The van der Waals surface area contributed by atoms with Crippen molar-refractivity contribution < 1.29 is 13.6 Å². The molecule has 30 heavy (non-hydrogen) atoms. The van der Waals surface area contributed by atoms with E-state index in [9.17, 15) is 9.18 Å². The van der Waals surface area contributed by atoms with Crippen LogP contribution in [0.2, 0.25) is 0 Å². The van der Waals surface area contributed by atoms with E-state index in [-0.39, 0.29) is 5.56 Å². The van der Waals surface area contributed by atoms with Gasteiger partial charge in [-0.15, -0.1) is 0 Å². The van der Waals surface area contributed by atoms with Crippen molar-refractivity contribution in [2.75, 3.05) is 5.32 Å². The lowest BCUT2D eigenvalue weighted by molar-refractivity contribution is 0.102. The summed E-state index contributed by atoms with van der Waals surface area (Å²) in [4.78, 5) is 16.9. The molecule has 0 aliphatic carbocycles. The van der Waals surface area contributed by atoms with Crippen LogP contribution in [0.1, 0.15) is 33.2 Å². The maximum absolute atomic E-state index is 13.8. The van der Waals surface area contributed by atoms with E-state index < -0.39 is 11.7 Å². The number of benzene rings is 2. The van der Waals surface area contributed by atoms with Crippen LogP contribution in [0.25, 0.3) is 11.5 Å². The van der Waals surface area contributed by atoms with E-state index in [4.69, 9.17) is 4.42 Å². The molecule has 6 nitrogen and oxygen atoms in total. The van der Waals surface area contributed by atoms with Gasteiger partial charge in [0, 0.05) is 16.9 Å². The zero-order valence-electron chi connectivity index (χ0n) is 16.9. The van der Waals surface area contributed by atoms with Gasteiger partial charge < -0.3 is 9.73 Å². The maximum atomic E-state index is 13.8. The molecule has 0 aliphatic heterocycles. The van der Waals surface area contributed by atoms with Gasteiger partial charge in [-0.3, -0.25) is 9.48 Å². The molecule has 0 aliphatic rings. The minimum Gasteiger partial charge on any atom is -0.441 e. The van der Waals surface area contributed by atoms with E-state index in [0.717, 1.165) is 28.4 Å². The average molecular weight is 404 g/mol. The molecule has 1 amide bonds. The van der Waals surface area contributed by atoms with Crippen LogP contribution in [0.15, 0.2) is 59.0 Å². The first-order valence-corrected chi connectivity index (χ1v) is 9.54. The Hall–Kier alpha value is -3.74. The molecule has 7 heteroatoms. The molecular formula is C23H21FN4O2. The molecule has 0 spiro atoms. The zero-order chi connectivity index (χ0) is 21.3. The Morgan fingerprint density at radius 1 is 1.10 bits per heavy atom. The van der Waals surface area contributed by atoms with Crippen LogP contribution in [0, 0.1) is 26.6 Å². The van der Waals surface area contributed by atoms with Crippen LogP contribution < -0.4 is 5.32 Å². The van der Waals surface area contributed by atoms with Gasteiger partial charge in [-0.2, -0.15) is 5.10 Å². The molecule has 2 heterocycles. The summed E-state index contributed by atoms with van der Waals surface area (Å²) in [5.41, 5.74) is 4.17. The van der Waals surface area contributed by atoms with Crippen molar-refractivity contribution in [1.29, 1.82) is 0 Å². The second-order valence-electron chi connectivity index (χ2n) is 7.12. The van der Waals surface area contributed by atoms with E-state index in [2.05, 4.69) is 15.4 Å². The smallest absolute Gasteiger partial charge is 0.258 e. The summed E-state index contributed by atoms with van der Waals surface area (Å²) < 4.78 is 21.5. The fourth-order valence-corrected chi connectivity index (χ4v) is 3.21. The number of oxazole rings is 1. The first-order chi connectivity index (χ1) is 14.4. The predicted octanol–water partition coefficient (Wildman–Crippen LogP) is 4.90. The van der Waals surface area contributed by atoms with E-state index in [0.29, 0.717) is 18.1 Å². The Labute approximate surface area is 173 Å². The van der Waals surface area contributed by atoms with Crippen LogP contribution in [-0.2, 0) is 6.54 Å². The molecule has 0 bridgehead atoms. The molecule has 4 aromatic rings. The Bertz CT molecular complexity index is 1210. The number of carbonyl (C=O) groups is 1. The molecule has 2 aromatic heterocycles. The van der Waals surface area contributed by atoms with Gasteiger partial charge in [0.05, 0.1) is 17.8 Å². The normalized spacial score (nSPS) is 10.9. The lowest BCUT2D eigenvalue weighted by Gasteiger charge is -2.06. The molecule has 152 valence electrons. The highest BCUT2D eigenvalue weighted by Crippen LogP contribution is 2.24. The third kappa shape index (κ3) is 4.00. The summed E-state index contributed by atoms with van der Waals surface area (Å²) >= 11 is 0. The second kappa shape index (κ2) is 7.94. The van der Waals surface area contributed by atoms with Crippen LogP contribution in [0.3, 0.4) is 0 Å². The number of nitrogens with one attached hydrogen (secondary N) is 1. The third-order valence-electron chi connectivity index (χ3n) is 4.80. The number of halogens is 1. The van der Waals surface area contributed by atoms with E-state index in [1.54, 1.807) is 36.4 Å². The quantitative estimate of drug-likeness (QED) is 0.513. The summed E-state index contributed by atoms with van der Waals surface area (Å²) in [6.45, 7) is 6.37. The summed E-state index contributed by atoms with van der Waals surface area (Å²) in [6.07, 6.45) is 0. The summed E-state index contributed by atoms with van der Waals surface area (Å²) in [5, 5.41) is 7.16. The monoisotopic (exact) mass is 404 g/mol. The lowest BCUT2D eigenvalue weighted by atomic mass is 10.1. The van der Waals surface area contributed by atoms with Crippen molar-refractivity contribution in [3.63, 3.8) is 0 Å². The SMILES string of the molecule is Cc1cc(C)n(Cc2nc(-c3ccc(NC(=O)c4ccccc4F)cc3)oc2C)n1. The number of aromatic nitrogens is 3. The molecule has 0 radical (unpaired) electrons. The number of amides is 1. The van der Waals surface area contributed by atoms with Gasteiger partial charge in [-0.05, 0) is 63.2 Å². The minimum atomic E-state index is -0.558. The molecule has 2 aromatic carbocycles. The van der Waals surface area contributed by atoms with Crippen molar-refractivity contribution in [1.82, 2.24) is 14.8 Å². The standard InChI is InChI=1S/C23H21FN4O2/c1-14-12-15(2)28(27-14)13-21-16(3)30-23(26-21)17-8-10-18(11-9-17)25-22(29)19-6-4-5-7-20(19)24/h4-12H,13H2,1-3H3,(H,25,29). The number of anilines is 1. The number of rotatable bonds is 5. The lowest BCUT2D eigenvalue weighted by Crippen LogP contribution is -2.13. The number of aryl methyl sites for hydroxylation is 3. The Morgan fingerprint density at radius 2 is 1.83 bits per heavy atom. The van der Waals surface area contributed by atoms with Crippen LogP contribution in [0.5, 0.6) is 0 Å². The number of carbonyl (C=O) groups excluding carboxylic acids is 1. The van der Waals surface area contributed by atoms with Gasteiger partial charge in [0.15, 0.2) is 0 Å². The number of hydrogen-bond donors (Lipinski definition) is 1. The molecule has 0 unspecified atom stereocenters. The zero-order valence-corrected chi connectivity index (χ0v) is 16.9. The number of nitrogens with zero attached hydrogens (tertiary/aromatic N) is 3. The topological polar surface area (TPSA) is 73.0 Å². The van der Waals surface area contributed by atoms with Crippen LogP contribution >= 0.6 is 0 Å². The van der Waals surface area contributed by atoms with Crippen molar-refractivity contribution in [2.45, 2.75) is 27.3 Å². The van der Waals surface area contributed by atoms with Crippen molar-refractivity contribution >= 4 is 11.6 Å². The van der Waals surface area contributed by atoms with Crippen LogP contribution in [-0.4, -0.2) is 20.7 Å². The third-order valence-corrected chi connectivity index (χ3v) is 4.80. The second-order valence-corrected chi connectivity index (χ2v) is 7.12. The molecule has 0 fully saturated rings. The van der Waals surface area contributed by atoms with Gasteiger partial charge in [0.1, 0.15) is 17.3 Å². The first kappa shape index (κ1) is 19.6. The average Bonchev–Trinajstić information content (AvgIpc) is 3.24. The van der Waals surface area contributed by atoms with E-state index in [1.807, 2.05) is 31.5 Å². The molecular weight excluding hydrogens is 383 g/mol. The van der Waals surface area contributed by atoms with E-state index >= 15 is 0 Å². The summed E-state index contributed by atoms with van der Waals surface area (Å²) in [7, 11) is 0. The minimum absolute atomic E-state index is 0.00121. The van der Waals surface area contributed by atoms with Gasteiger partial charge >= 0.3 is 0 Å². The van der Waals surface area contributed by atoms with Gasteiger partial charge in [-0.25, -0.2) is 9.37 Å². The highest BCUT2D eigenvalue weighted by atomic mass is 19.1. The predicted molar refractivity (Wildman–Crippen MR) is 112 cm³/mol. The Kier molecular flexibility index (Phi) is 5.18. The van der Waals surface area contributed by atoms with Crippen molar-refractivity contribution in [2.24, 2.45) is 0 Å². The Morgan fingerprint density at radius 3 is 2.50 bits per heavy atom. The van der Waals surface area contributed by atoms with Gasteiger partial charge in [-0.1, -0.05) is 12.1 Å². The molecule has 4 rings (SSSR count). The van der Waals surface area contributed by atoms with Gasteiger partial charge in [0.2, 0.25) is 5.89 Å². The Balaban J connectivity index is 1.50. The van der Waals surface area contributed by atoms with Crippen molar-refractivity contribution in [3.05, 3.63) is 88.8 Å². The highest BCUT2D eigenvalue weighted by Gasteiger charge is 2.15. The highest BCUT2D eigenvalue weighted by molar-refractivity contribution is 6.04. The molecule has 0 atom stereocenters. The van der Waals surface area contributed by atoms with Crippen molar-refractivity contribution in [3.8, 4) is 11.5 Å². The van der Waals surface area contributed by atoms with Crippen LogP contribution in [0.4, 0.5) is 10.1 Å². The maximum Gasteiger partial charge on any atom is 0.258 e.